The average Bonchev–Trinajstić information content (AvgIpc) is 3.17. The van der Waals surface area contributed by atoms with E-state index in [2.05, 4.69) is 17.0 Å². The van der Waals surface area contributed by atoms with Gasteiger partial charge in [-0.05, 0) is 23.3 Å². The summed E-state index contributed by atoms with van der Waals surface area (Å²) in [5.41, 5.74) is 3.09. The van der Waals surface area contributed by atoms with Crippen LogP contribution in [0, 0.1) is 0 Å². The van der Waals surface area contributed by atoms with E-state index in [4.69, 9.17) is 9.47 Å². The van der Waals surface area contributed by atoms with E-state index in [1.807, 2.05) is 66.7 Å². The molecule has 0 saturated heterocycles. The van der Waals surface area contributed by atoms with E-state index in [1.54, 1.807) is 0 Å². The molecule has 4 rings (SSSR count). The number of benzene rings is 3. The lowest BCUT2D eigenvalue weighted by molar-refractivity contribution is 0.174. The van der Waals surface area contributed by atoms with Gasteiger partial charge >= 0.3 is 0 Å². The van der Waals surface area contributed by atoms with Crippen molar-refractivity contribution in [2.24, 2.45) is 0 Å². The maximum atomic E-state index is 10.7. The number of hydrogen-bond donors (Lipinski definition) is 1. The Morgan fingerprint density at radius 3 is 2.31 bits per heavy atom. The second-order valence-electron chi connectivity index (χ2n) is 6.33. The van der Waals surface area contributed by atoms with Crippen molar-refractivity contribution in [3.05, 3.63) is 90.0 Å². The summed E-state index contributed by atoms with van der Waals surface area (Å²) in [6, 6.07) is 25.9. The summed E-state index contributed by atoms with van der Waals surface area (Å²) in [4.78, 5) is 2.16. The molecule has 1 aliphatic heterocycles. The first-order valence-corrected chi connectivity index (χ1v) is 8.71. The van der Waals surface area contributed by atoms with E-state index >= 15 is 0 Å². The van der Waals surface area contributed by atoms with Gasteiger partial charge in [-0.1, -0.05) is 60.7 Å². The third-order valence-electron chi connectivity index (χ3n) is 4.52. The van der Waals surface area contributed by atoms with Crippen molar-refractivity contribution < 1.29 is 14.6 Å². The number of anilines is 1. The molecule has 0 fully saturated rings. The highest BCUT2D eigenvalue weighted by molar-refractivity contribution is 5.57. The average molecular weight is 347 g/mol. The van der Waals surface area contributed by atoms with Crippen molar-refractivity contribution in [1.82, 2.24) is 0 Å². The second kappa shape index (κ2) is 7.50. The monoisotopic (exact) mass is 347 g/mol. The van der Waals surface area contributed by atoms with Crippen LogP contribution in [0.25, 0.3) is 0 Å². The van der Waals surface area contributed by atoms with Crippen molar-refractivity contribution in [3.8, 4) is 11.5 Å². The highest BCUT2D eigenvalue weighted by Crippen LogP contribution is 2.36. The molecule has 3 aromatic carbocycles. The Balaban J connectivity index is 1.61. The van der Waals surface area contributed by atoms with Crippen LogP contribution in [0.2, 0.25) is 0 Å². The van der Waals surface area contributed by atoms with Crippen molar-refractivity contribution >= 4 is 5.69 Å². The minimum Gasteiger partial charge on any atom is -0.454 e. The first-order chi connectivity index (χ1) is 12.8. The Labute approximate surface area is 153 Å². The molecular formula is C22H21NO3. The van der Waals surface area contributed by atoms with Gasteiger partial charge in [-0.15, -0.1) is 0 Å². The van der Waals surface area contributed by atoms with Gasteiger partial charge < -0.3 is 19.5 Å². The van der Waals surface area contributed by atoms with Crippen LogP contribution in [0.4, 0.5) is 5.69 Å². The van der Waals surface area contributed by atoms with Gasteiger partial charge in [0.1, 0.15) is 0 Å². The van der Waals surface area contributed by atoms with E-state index in [1.165, 1.54) is 5.56 Å². The van der Waals surface area contributed by atoms with Gasteiger partial charge in [0.05, 0.1) is 6.10 Å². The predicted octanol–water partition coefficient (Wildman–Crippen LogP) is 4.16. The molecule has 0 saturated carbocycles. The fourth-order valence-electron chi connectivity index (χ4n) is 3.14. The summed E-state index contributed by atoms with van der Waals surface area (Å²) in [7, 11) is 0. The molecular weight excluding hydrogens is 326 g/mol. The number of fused-ring (bicyclic) bond motifs is 1. The Kier molecular flexibility index (Phi) is 4.75. The van der Waals surface area contributed by atoms with Gasteiger partial charge in [0, 0.05) is 24.8 Å². The first-order valence-electron chi connectivity index (χ1n) is 8.71. The number of hydrogen-bond acceptors (Lipinski definition) is 4. The molecule has 4 nitrogen and oxygen atoms in total. The number of aliphatic hydroxyl groups is 1. The van der Waals surface area contributed by atoms with Gasteiger partial charge in [-0.25, -0.2) is 0 Å². The van der Waals surface area contributed by atoms with Gasteiger partial charge in [-0.2, -0.15) is 0 Å². The van der Waals surface area contributed by atoms with Gasteiger partial charge in [0.2, 0.25) is 6.79 Å². The highest BCUT2D eigenvalue weighted by atomic mass is 16.7. The van der Waals surface area contributed by atoms with Crippen LogP contribution in [0.3, 0.4) is 0 Å². The minimum absolute atomic E-state index is 0.254. The molecule has 4 heteroatoms. The smallest absolute Gasteiger partial charge is 0.231 e. The maximum absolute atomic E-state index is 10.7. The zero-order chi connectivity index (χ0) is 17.8. The number of ether oxygens (including phenoxy) is 2. The van der Waals surface area contributed by atoms with Crippen molar-refractivity contribution in [2.45, 2.75) is 12.6 Å². The van der Waals surface area contributed by atoms with Crippen molar-refractivity contribution in [2.75, 3.05) is 18.2 Å². The summed E-state index contributed by atoms with van der Waals surface area (Å²) >= 11 is 0. The molecule has 1 aliphatic rings. The fraction of sp³-hybridized carbons (Fsp3) is 0.182. The molecule has 1 N–H and O–H groups in total. The van der Waals surface area contributed by atoms with Crippen LogP contribution >= 0.6 is 0 Å². The molecule has 0 bridgehead atoms. The van der Waals surface area contributed by atoms with Crippen LogP contribution in [-0.4, -0.2) is 18.4 Å². The summed E-state index contributed by atoms with van der Waals surface area (Å²) < 4.78 is 10.9. The third kappa shape index (κ3) is 3.65. The molecule has 0 radical (unpaired) electrons. The summed E-state index contributed by atoms with van der Waals surface area (Å²) in [6.07, 6.45) is -0.578. The fourth-order valence-corrected chi connectivity index (χ4v) is 3.14. The lowest BCUT2D eigenvalue weighted by Crippen LogP contribution is -2.28. The van der Waals surface area contributed by atoms with E-state index in [0.717, 1.165) is 22.7 Å². The molecule has 0 amide bonds. The Hall–Kier alpha value is -2.98. The quantitative estimate of drug-likeness (QED) is 0.727. The maximum Gasteiger partial charge on any atom is 0.231 e. The van der Waals surface area contributed by atoms with Crippen LogP contribution in [0.5, 0.6) is 11.5 Å². The van der Waals surface area contributed by atoms with Gasteiger partial charge in [0.25, 0.3) is 0 Å². The van der Waals surface area contributed by atoms with Crippen LogP contribution in [0.15, 0.2) is 78.9 Å². The van der Waals surface area contributed by atoms with E-state index < -0.39 is 6.10 Å². The number of aliphatic hydroxyl groups excluding tert-OH is 1. The highest BCUT2D eigenvalue weighted by Gasteiger charge is 2.19. The lowest BCUT2D eigenvalue weighted by atomic mass is 10.1. The molecule has 1 unspecified atom stereocenters. The molecule has 26 heavy (non-hydrogen) atoms. The lowest BCUT2D eigenvalue weighted by Gasteiger charge is -2.28. The van der Waals surface area contributed by atoms with Crippen molar-refractivity contribution in [3.63, 3.8) is 0 Å². The van der Waals surface area contributed by atoms with E-state index in [-0.39, 0.29) is 6.79 Å². The molecule has 132 valence electrons. The molecule has 0 spiro atoms. The minimum atomic E-state index is -0.578. The molecule has 3 aromatic rings. The summed E-state index contributed by atoms with van der Waals surface area (Å²) in [5.74, 6) is 1.51. The summed E-state index contributed by atoms with van der Waals surface area (Å²) in [5, 5.41) is 10.7. The van der Waals surface area contributed by atoms with E-state index in [9.17, 15) is 5.11 Å². The second-order valence-corrected chi connectivity index (χ2v) is 6.33. The third-order valence-corrected chi connectivity index (χ3v) is 4.52. The molecule has 0 aromatic heterocycles. The number of rotatable bonds is 6. The molecule has 0 aliphatic carbocycles. The van der Waals surface area contributed by atoms with Gasteiger partial charge in [-0.3, -0.25) is 0 Å². The Bertz CT molecular complexity index is 852. The summed E-state index contributed by atoms with van der Waals surface area (Å²) in [6.45, 7) is 1.44. The SMILES string of the molecule is OC(CN(Cc1ccccc1)c1ccc2c(c1)OCO2)c1ccccc1. The zero-order valence-electron chi connectivity index (χ0n) is 14.4. The normalized spacial score (nSPS) is 13.4. The molecule has 1 atom stereocenters. The molecule has 1 heterocycles. The van der Waals surface area contributed by atoms with Crippen LogP contribution < -0.4 is 14.4 Å². The van der Waals surface area contributed by atoms with Crippen molar-refractivity contribution in [1.29, 1.82) is 0 Å². The first kappa shape index (κ1) is 16.5. The van der Waals surface area contributed by atoms with E-state index in [0.29, 0.717) is 13.1 Å². The predicted molar refractivity (Wildman–Crippen MR) is 101 cm³/mol. The van der Waals surface area contributed by atoms with Gasteiger partial charge in [0.15, 0.2) is 11.5 Å². The Morgan fingerprint density at radius 1 is 0.846 bits per heavy atom. The van der Waals surface area contributed by atoms with Crippen LogP contribution in [-0.2, 0) is 6.54 Å². The van der Waals surface area contributed by atoms with Crippen LogP contribution in [0.1, 0.15) is 17.2 Å². The Morgan fingerprint density at radius 2 is 1.54 bits per heavy atom. The zero-order valence-corrected chi connectivity index (χ0v) is 14.4. The number of nitrogens with zero attached hydrogens (tertiary/aromatic N) is 1. The largest absolute Gasteiger partial charge is 0.454 e. The standard InChI is InChI=1S/C22H21NO3/c24-20(18-9-5-2-6-10-18)15-23(14-17-7-3-1-4-8-17)19-11-12-21-22(13-19)26-16-25-21/h1-13,20,24H,14-16H2. The topological polar surface area (TPSA) is 41.9 Å².